The highest BCUT2D eigenvalue weighted by Gasteiger charge is 2.69. The molecule has 3 saturated heterocycles. The van der Waals surface area contributed by atoms with Crippen molar-refractivity contribution >= 4 is 23.9 Å². The minimum atomic E-state index is -1.49. The SMILES string of the molecule is C[C@@H]1CC[C@@]2(OC1)O[C@H]1C[C@H]3[C@@H]4CC=C5C[C@@H](O[C@@H]6OC(COC(=O)c7ccccc7)[C@@H](OC(=O)c7ccccc7)C(OC(=O)c7ccccc7)[C@@H]6OC(=O)c6ccccc6)CC[C@]5(C)[C@H]4CC[C@]3(C)[C@H]1[C@@H]2C. The Morgan fingerprint density at radius 2 is 1.19 bits per heavy atom. The molecule has 4 aliphatic carbocycles. The van der Waals surface area contributed by atoms with Crippen LogP contribution in [0.1, 0.15) is 127 Å². The smallest absolute Gasteiger partial charge is 0.338 e. The summed E-state index contributed by atoms with van der Waals surface area (Å²) >= 11 is 0. The first-order valence-corrected chi connectivity index (χ1v) is 26.7. The largest absolute Gasteiger partial charge is 0.459 e. The van der Waals surface area contributed by atoms with Crippen LogP contribution in [-0.4, -0.2) is 85.8 Å². The van der Waals surface area contributed by atoms with Gasteiger partial charge >= 0.3 is 23.9 Å². The zero-order chi connectivity index (χ0) is 50.5. The summed E-state index contributed by atoms with van der Waals surface area (Å²) in [6.45, 7) is 10.0. The summed E-state index contributed by atoms with van der Waals surface area (Å²) in [6, 6.07) is 33.8. The monoisotopic (exact) mass is 992 g/mol. The summed E-state index contributed by atoms with van der Waals surface area (Å²) in [6.07, 6.45) is 4.06. The molecule has 3 aliphatic heterocycles. The van der Waals surface area contributed by atoms with Gasteiger partial charge in [-0.2, -0.15) is 0 Å². The molecule has 384 valence electrons. The van der Waals surface area contributed by atoms with Crippen LogP contribution in [-0.2, 0) is 37.9 Å². The van der Waals surface area contributed by atoms with Crippen molar-refractivity contribution < 1.29 is 57.1 Å². The lowest BCUT2D eigenvalue weighted by Gasteiger charge is -2.58. The highest BCUT2D eigenvalue weighted by atomic mass is 16.7. The summed E-state index contributed by atoms with van der Waals surface area (Å²) in [5.41, 5.74) is 2.50. The number of allylic oxidation sites excluding steroid dienone is 1. The van der Waals surface area contributed by atoms with Gasteiger partial charge in [0.15, 0.2) is 30.4 Å². The third-order valence-corrected chi connectivity index (χ3v) is 18.4. The van der Waals surface area contributed by atoms with Crippen molar-refractivity contribution in [2.24, 2.45) is 46.3 Å². The molecule has 4 aromatic rings. The van der Waals surface area contributed by atoms with Crippen LogP contribution in [0.2, 0.25) is 0 Å². The van der Waals surface area contributed by atoms with Gasteiger partial charge in [0.25, 0.3) is 0 Å². The number of fused-ring (bicyclic) bond motifs is 7. The van der Waals surface area contributed by atoms with Gasteiger partial charge in [0.05, 0.1) is 41.1 Å². The number of rotatable bonds is 11. The van der Waals surface area contributed by atoms with E-state index in [9.17, 15) is 19.2 Å². The second-order valence-corrected chi connectivity index (χ2v) is 22.5. The molecule has 16 atom stereocenters. The zero-order valence-electron chi connectivity index (χ0n) is 42.3. The van der Waals surface area contributed by atoms with Gasteiger partial charge < -0.3 is 37.9 Å². The maximum absolute atomic E-state index is 14.2. The Hall–Kier alpha value is -5.66. The van der Waals surface area contributed by atoms with E-state index in [1.54, 1.807) is 121 Å². The van der Waals surface area contributed by atoms with E-state index >= 15 is 0 Å². The van der Waals surface area contributed by atoms with Crippen LogP contribution < -0.4 is 0 Å². The van der Waals surface area contributed by atoms with Gasteiger partial charge in [-0.25, -0.2) is 19.2 Å². The van der Waals surface area contributed by atoms with E-state index in [1.165, 1.54) is 12.0 Å². The molecular formula is C61H68O12. The third-order valence-electron chi connectivity index (χ3n) is 18.4. The van der Waals surface area contributed by atoms with E-state index in [4.69, 9.17) is 37.9 Å². The maximum atomic E-state index is 14.2. The highest BCUT2D eigenvalue weighted by Crippen LogP contribution is 2.70. The quantitative estimate of drug-likeness (QED) is 0.0802. The summed E-state index contributed by atoms with van der Waals surface area (Å²) in [5.74, 6) is -0.276. The molecule has 12 heteroatoms. The van der Waals surface area contributed by atoms with Crippen LogP contribution in [0, 0.1) is 46.3 Å². The summed E-state index contributed by atoms with van der Waals surface area (Å²) in [5, 5.41) is 0. The molecule has 12 nitrogen and oxygen atoms in total. The predicted octanol–water partition coefficient (Wildman–Crippen LogP) is 11.0. The minimum Gasteiger partial charge on any atom is -0.459 e. The molecule has 3 saturated carbocycles. The fourth-order valence-corrected chi connectivity index (χ4v) is 14.6. The van der Waals surface area contributed by atoms with Gasteiger partial charge in [0, 0.05) is 12.3 Å². The summed E-state index contributed by atoms with van der Waals surface area (Å²) in [4.78, 5) is 56.1. The Bertz CT molecular complexity index is 2650. The number of hydrogen-bond donors (Lipinski definition) is 0. The highest BCUT2D eigenvalue weighted by molar-refractivity contribution is 5.91. The van der Waals surface area contributed by atoms with Crippen molar-refractivity contribution in [3.8, 4) is 0 Å². The molecule has 6 fully saturated rings. The molecular weight excluding hydrogens is 925 g/mol. The van der Waals surface area contributed by atoms with Crippen LogP contribution in [0.4, 0.5) is 0 Å². The van der Waals surface area contributed by atoms with Crippen LogP contribution >= 0.6 is 0 Å². The maximum Gasteiger partial charge on any atom is 0.338 e. The minimum absolute atomic E-state index is 0.0383. The lowest BCUT2D eigenvalue weighted by molar-refractivity contribution is -0.310. The van der Waals surface area contributed by atoms with E-state index in [0.717, 1.165) is 45.1 Å². The molecule has 0 N–H and O–H groups in total. The van der Waals surface area contributed by atoms with E-state index < -0.39 is 67.0 Å². The molecule has 0 amide bonds. The molecule has 0 radical (unpaired) electrons. The normalized spacial score (nSPS) is 37.3. The van der Waals surface area contributed by atoms with E-state index in [-0.39, 0.29) is 39.7 Å². The first-order chi connectivity index (χ1) is 35.3. The molecule has 1 spiro atoms. The zero-order valence-corrected chi connectivity index (χ0v) is 42.3. The molecule has 7 aliphatic rings. The number of ether oxygens (including phenoxy) is 8. The fraction of sp³-hybridized carbons (Fsp3) is 0.508. The first-order valence-electron chi connectivity index (χ1n) is 26.7. The van der Waals surface area contributed by atoms with Crippen molar-refractivity contribution in [3.63, 3.8) is 0 Å². The molecule has 0 bridgehead atoms. The van der Waals surface area contributed by atoms with Crippen LogP contribution in [0.3, 0.4) is 0 Å². The lowest BCUT2D eigenvalue weighted by Crippen LogP contribution is -2.63. The molecule has 11 rings (SSSR count). The molecule has 0 aromatic heterocycles. The average Bonchev–Trinajstić information content (AvgIpc) is 3.88. The van der Waals surface area contributed by atoms with Crippen molar-refractivity contribution in [2.75, 3.05) is 13.2 Å². The van der Waals surface area contributed by atoms with E-state index in [2.05, 4.69) is 33.8 Å². The van der Waals surface area contributed by atoms with Crippen molar-refractivity contribution in [2.45, 2.75) is 134 Å². The number of esters is 4. The van der Waals surface area contributed by atoms with Gasteiger partial charge in [-0.3, -0.25) is 0 Å². The Labute approximate surface area is 428 Å². The van der Waals surface area contributed by atoms with Gasteiger partial charge in [-0.05, 0) is 140 Å². The van der Waals surface area contributed by atoms with Gasteiger partial charge in [-0.1, -0.05) is 112 Å². The molecule has 73 heavy (non-hydrogen) atoms. The Kier molecular flexibility index (Phi) is 13.7. The Morgan fingerprint density at radius 1 is 0.630 bits per heavy atom. The van der Waals surface area contributed by atoms with Gasteiger partial charge in [-0.15, -0.1) is 0 Å². The lowest BCUT2D eigenvalue weighted by atomic mass is 9.47. The van der Waals surface area contributed by atoms with Crippen LogP contribution in [0.25, 0.3) is 0 Å². The Balaban J connectivity index is 0.890. The number of hydrogen-bond acceptors (Lipinski definition) is 12. The van der Waals surface area contributed by atoms with Gasteiger partial charge in [0.2, 0.25) is 0 Å². The standard InChI is InChI=1S/C61H68O12/c1-37-27-32-61(67-35-37)38(2)50-48(73-61)34-47-45-26-25-43-33-44(28-30-59(43,3)46(45)29-31-60(47,50)4)68-58-53(72-57(65)42-23-15-8-16-24-42)52(71-56(64)41-21-13-7-14-22-41)51(70-55(63)40-19-11-6-12-20-40)49(69-58)36-66-54(62)39-17-9-5-10-18-39/h5-25,37-38,44-53,58H,26-36H2,1-4H3/t37-,38+,44+,45-,46+,47+,48+,49?,50+,51-,52?,53+,58-,59+,60+,61-/m1/s1. The second kappa shape index (κ2) is 20.2. The van der Waals surface area contributed by atoms with Crippen LogP contribution in [0.5, 0.6) is 0 Å². The summed E-state index contributed by atoms with van der Waals surface area (Å²) < 4.78 is 52.4. The van der Waals surface area contributed by atoms with Crippen molar-refractivity contribution in [1.29, 1.82) is 0 Å². The molecule has 4 aromatic carbocycles. The van der Waals surface area contributed by atoms with E-state index in [0.29, 0.717) is 53.9 Å². The van der Waals surface area contributed by atoms with Crippen molar-refractivity contribution in [3.05, 3.63) is 155 Å². The number of carbonyl (C=O) groups excluding carboxylic acids is 4. The number of carbonyl (C=O) groups is 4. The fourth-order valence-electron chi connectivity index (χ4n) is 14.6. The first kappa shape index (κ1) is 49.5. The second-order valence-electron chi connectivity index (χ2n) is 22.5. The van der Waals surface area contributed by atoms with E-state index in [1.807, 2.05) is 0 Å². The average molecular weight is 993 g/mol. The molecule has 3 heterocycles. The molecule has 2 unspecified atom stereocenters. The number of benzene rings is 4. The predicted molar refractivity (Wildman–Crippen MR) is 269 cm³/mol. The van der Waals surface area contributed by atoms with Crippen molar-refractivity contribution in [1.82, 2.24) is 0 Å². The summed E-state index contributed by atoms with van der Waals surface area (Å²) in [7, 11) is 0. The third kappa shape index (κ3) is 9.35. The Morgan fingerprint density at radius 3 is 1.77 bits per heavy atom. The topological polar surface area (TPSA) is 142 Å². The van der Waals surface area contributed by atoms with Gasteiger partial charge in [0.1, 0.15) is 12.7 Å². The van der Waals surface area contributed by atoms with Crippen LogP contribution in [0.15, 0.2) is 133 Å².